The maximum atomic E-state index is 14.5. The number of ether oxygens (including phenoxy) is 2. The molecule has 17 rings (SSSR count). The molecule has 7 aromatic rings. The van der Waals surface area contributed by atoms with Crippen LogP contribution in [0.5, 0.6) is 11.5 Å². The smallest absolute Gasteiger partial charge is 0.748 e. The Kier molecular flexibility index (Phi) is 17.7. The van der Waals surface area contributed by atoms with Crippen molar-refractivity contribution in [1.82, 2.24) is 0 Å². The molecule has 7 aromatic carbocycles. The van der Waals surface area contributed by atoms with E-state index in [1.54, 1.807) is 12.1 Å². The number of aryl methyl sites for hydroxylation is 4. The molecule has 0 aromatic heterocycles. The van der Waals surface area contributed by atoms with Gasteiger partial charge in [0.1, 0.15) is 17.6 Å². The van der Waals surface area contributed by atoms with Crippen LogP contribution in [-0.4, -0.2) is 62.9 Å². The van der Waals surface area contributed by atoms with Gasteiger partial charge in [-0.25, -0.2) is 13.4 Å². The van der Waals surface area contributed by atoms with E-state index >= 15 is 0 Å². The van der Waals surface area contributed by atoms with Gasteiger partial charge in [-0.05, 0) is 240 Å². The third-order valence-corrected chi connectivity index (χ3v) is 24.5. The van der Waals surface area contributed by atoms with Crippen molar-refractivity contribution in [2.24, 2.45) is 46.0 Å². The summed E-state index contributed by atoms with van der Waals surface area (Å²) in [5, 5.41) is 49.2. The van der Waals surface area contributed by atoms with Crippen LogP contribution in [0.15, 0.2) is 156 Å². The largest absolute Gasteiger partial charge is 1.00 e. The first-order chi connectivity index (χ1) is 44.5. The number of aromatic hydroxyl groups is 1. The van der Waals surface area contributed by atoms with Gasteiger partial charge in [-0.2, -0.15) is 0 Å². The summed E-state index contributed by atoms with van der Waals surface area (Å²) in [5.74, 6) is 4.70. The average molecular weight is 1270 g/mol. The van der Waals surface area contributed by atoms with E-state index in [0.717, 1.165) is 83.9 Å². The Labute approximate surface area is 569 Å². The average Bonchev–Trinajstić information content (AvgIpc) is 1.65. The van der Waals surface area contributed by atoms with Gasteiger partial charge in [-0.1, -0.05) is 140 Å². The van der Waals surface area contributed by atoms with Gasteiger partial charge in [0.25, 0.3) is 0 Å². The van der Waals surface area contributed by atoms with E-state index in [4.69, 9.17) is 25.9 Å². The van der Waals surface area contributed by atoms with Crippen LogP contribution in [-0.2, 0) is 52.7 Å². The fraction of sp³-hybridized carbons (Fsp3) is 0.430. The second-order valence-corrected chi connectivity index (χ2v) is 30.3. The van der Waals surface area contributed by atoms with Crippen molar-refractivity contribution < 1.29 is 72.4 Å². The fourth-order valence-corrected chi connectivity index (χ4v) is 19.9. The molecule has 5 heterocycles. The first kappa shape index (κ1) is 64.1. The second kappa shape index (κ2) is 25.7. The number of hydrogen-bond acceptors (Lipinski definition) is 10. The number of benzene rings is 7. The number of phenols is 1. The van der Waals surface area contributed by atoms with Crippen LogP contribution in [0.25, 0.3) is 10.8 Å². The van der Waals surface area contributed by atoms with Crippen molar-refractivity contribution in [3.8, 4) is 23.3 Å². The number of guanidine groups is 1. The molecule has 0 spiro atoms. The minimum absolute atomic E-state index is 0. The first-order valence-electron chi connectivity index (χ1n) is 33.8. The van der Waals surface area contributed by atoms with Crippen molar-refractivity contribution >= 4 is 26.9 Å². The van der Waals surface area contributed by atoms with Gasteiger partial charge in [0.2, 0.25) is 5.72 Å². The van der Waals surface area contributed by atoms with Crippen LogP contribution >= 0.6 is 0 Å². The Morgan fingerprint density at radius 2 is 1.57 bits per heavy atom. The van der Waals surface area contributed by atoms with E-state index in [2.05, 4.69) is 85.5 Å². The topological polar surface area (TPSA) is 221 Å². The number of rotatable bonds is 9. The predicted molar refractivity (Wildman–Crippen MR) is 357 cm³/mol. The Morgan fingerprint density at radius 3 is 2.38 bits per heavy atom. The van der Waals surface area contributed by atoms with E-state index in [9.17, 15) is 33.4 Å². The minimum atomic E-state index is -4.97. The van der Waals surface area contributed by atoms with Crippen LogP contribution in [0.2, 0.25) is 0 Å². The maximum Gasteiger partial charge on any atom is 1.00 e. The van der Waals surface area contributed by atoms with Crippen molar-refractivity contribution in [3.63, 3.8) is 0 Å². The summed E-state index contributed by atoms with van der Waals surface area (Å²) < 4.78 is 58.1. The molecule has 1 saturated heterocycles. The molecule has 0 amide bonds. The van der Waals surface area contributed by atoms with E-state index < -0.39 is 56.7 Å². The van der Waals surface area contributed by atoms with Crippen molar-refractivity contribution in [2.75, 3.05) is 6.61 Å². The fourth-order valence-electron chi connectivity index (χ4n) is 18.8. The maximum absolute atomic E-state index is 14.5. The number of aliphatic imine (C=N–C) groups is 1. The molecule has 12 nitrogen and oxygen atoms in total. The molecule has 5 aliphatic heterocycles. The number of hydrogen-bond donors (Lipinski definition) is 6. The number of aliphatic hydroxyl groups excluding tert-OH is 2. The summed E-state index contributed by atoms with van der Waals surface area (Å²) >= 11 is 0. The van der Waals surface area contributed by atoms with Crippen LogP contribution in [0, 0.1) is 41.4 Å². The summed E-state index contributed by atoms with van der Waals surface area (Å²) in [7, 11) is -4.97. The van der Waals surface area contributed by atoms with Gasteiger partial charge in [-0.3, -0.25) is 0 Å². The first-order valence-corrected chi connectivity index (χ1v) is 35.3. The van der Waals surface area contributed by atoms with E-state index in [0.29, 0.717) is 68.2 Å². The number of allylic oxidation sites excluding steroid dienone is 1. The van der Waals surface area contributed by atoms with Crippen molar-refractivity contribution in [3.05, 3.63) is 224 Å². The standard InChI is InChI=1S/C79H85N3O9S.Na/c1-46-15-16-56-39-63-28-32-65(56)69(46)42-71(92(87,88)89)70-41-59-37-58(40-64-35-48(45-83)10-5-13-54-38-62(84)27-31-67(54)76(59)90-64)72(70)51-21-25-60(26-22-51)79(91-63,82-77(80)81)44-61(34-47-8-3-2-4-9-47)78(86)33-7-14-57(43-78)53-24-29-66-55(36-53)20-19-52-18-17-49-11-6-12-50-23-30-68(75(66)85)74(52)73(49)50;/h2-4,6,8-9,11-12,17-18,21-22,24-29,31-32,36,38-39,41,46,48,57-58,61,64,68-72,75-76,83-86H,7,10,14-16,19-20,23,30,33-35,37,40,42-45H2,1H3,(H4,80,81,82)(H,87,88,89);/q;+1/p-1. The summed E-state index contributed by atoms with van der Waals surface area (Å²) in [6.07, 6.45) is 10.9. The van der Waals surface area contributed by atoms with E-state index in [-0.39, 0.29) is 102 Å². The molecule has 93 heavy (non-hydrogen) atoms. The van der Waals surface area contributed by atoms with E-state index in [1.807, 2.05) is 66.7 Å². The van der Waals surface area contributed by atoms with Gasteiger partial charge in [0.05, 0.1) is 33.2 Å². The zero-order valence-corrected chi connectivity index (χ0v) is 56.2. The normalized spacial score (nSPS) is 30.4. The van der Waals surface area contributed by atoms with Gasteiger partial charge < -0.3 is 45.9 Å². The SMILES string of the molecule is CC1CCc2cc3ccc2C1CC(S(=O)(=O)[O-])C1C=C2CC(CC4CC(CO)CC#Cc5cc(O)ccc5C2O4)C1c1ccc(cc1)C(CC(Cc1ccccc1)C1(O)CCCC(c2ccc4c(c2)CCc2ccc5cccc6c5c2C(CC6)C4O)C1)(N=C(N)N)O3.[Na+]. The zero-order chi connectivity index (χ0) is 63.2. The molecule has 8 N–H and O–H groups in total. The molecule has 14 heteroatoms. The van der Waals surface area contributed by atoms with Crippen LogP contribution in [0.3, 0.4) is 0 Å². The van der Waals surface area contributed by atoms with E-state index in [1.165, 1.54) is 38.6 Å². The van der Waals surface area contributed by atoms with Gasteiger partial charge >= 0.3 is 29.6 Å². The molecule has 2 fully saturated rings. The summed E-state index contributed by atoms with van der Waals surface area (Å²) in [5.41, 5.74) is 24.7. The third kappa shape index (κ3) is 12.2. The van der Waals surface area contributed by atoms with Crippen molar-refractivity contribution in [2.45, 2.75) is 175 Å². The number of nitrogens with two attached hydrogens (primary N) is 2. The van der Waals surface area contributed by atoms with Crippen LogP contribution in [0.4, 0.5) is 0 Å². The minimum Gasteiger partial charge on any atom is -0.748 e. The summed E-state index contributed by atoms with van der Waals surface area (Å²) in [6, 6.07) is 47.4. The van der Waals surface area contributed by atoms with Gasteiger partial charge in [0, 0.05) is 42.1 Å². The zero-order valence-electron chi connectivity index (χ0n) is 53.4. The molecule has 15 unspecified atom stereocenters. The summed E-state index contributed by atoms with van der Waals surface area (Å²) in [6.45, 7) is 2.07. The molecule has 15 atom stereocenters. The summed E-state index contributed by atoms with van der Waals surface area (Å²) in [4.78, 5) is 5.23. The monoisotopic (exact) mass is 1270 g/mol. The number of aliphatic hydroxyl groups is 3. The molecule has 10 bridgehead atoms. The third-order valence-electron chi connectivity index (χ3n) is 23.3. The van der Waals surface area contributed by atoms with Gasteiger partial charge in [-0.15, -0.1) is 0 Å². The molecule has 476 valence electrons. The quantitative estimate of drug-likeness (QED) is 0.0199. The number of phenolic OH excluding ortho intramolecular Hbond substituents is 1. The second-order valence-electron chi connectivity index (χ2n) is 28.7. The number of fused-ring (bicyclic) bond motifs is 10. The number of nitrogens with zero attached hydrogens (tertiary/aromatic N) is 1. The Balaban J connectivity index is 0.00000749. The Bertz CT molecular complexity index is 4240. The molecule has 5 aliphatic carbocycles. The Morgan fingerprint density at radius 1 is 0.796 bits per heavy atom. The van der Waals surface area contributed by atoms with Gasteiger partial charge in [0.15, 0.2) is 5.96 Å². The van der Waals surface area contributed by atoms with Crippen molar-refractivity contribution in [1.29, 1.82) is 0 Å². The molecule has 1 saturated carbocycles. The molecule has 0 radical (unpaired) electrons. The Hall–Kier alpha value is -6.28. The molecule has 10 aliphatic rings. The van der Waals surface area contributed by atoms with Crippen LogP contribution in [0.1, 0.15) is 192 Å². The molecular formula is C79H84N3NaO9S. The predicted octanol–water partition coefficient (Wildman–Crippen LogP) is 10.2. The molecular weight excluding hydrogens is 1190 g/mol. The van der Waals surface area contributed by atoms with Crippen LogP contribution < -0.4 is 45.8 Å².